The maximum Gasteiger partial charge on any atom is 0.407 e. The molecule has 0 heterocycles. The van der Waals surface area contributed by atoms with Crippen LogP contribution in [-0.2, 0) is 0 Å². The molecule has 0 aliphatic carbocycles. The molecule has 0 fully saturated rings. The van der Waals surface area contributed by atoms with Crippen LogP contribution in [0.25, 0.3) is 0 Å². The van der Waals surface area contributed by atoms with Crippen molar-refractivity contribution in [2.45, 2.75) is 59.1 Å². The molecule has 2 N–H and O–H groups in total. The van der Waals surface area contributed by atoms with Gasteiger partial charge in [-0.3, -0.25) is 0 Å². The first-order valence-electron chi connectivity index (χ1n) is 5.92. The summed E-state index contributed by atoms with van der Waals surface area (Å²) >= 11 is 0. The number of aliphatic hydroxyl groups is 1. The lowest BCUT2D eigenvalue weighted by Crippen LogP contribution is -2.48. The largest absolute Gasteiger partial charge is 0.465 e. The van der Waals surface area contributed by atoms with Gasteiger partial charge in [0.05, 0.1) is 6.10 Å². The van der Waals surface area contributed by atoms with Gasteiger partial charge in [0.15, 0.2) is 0 Å². The van der Waals surface area contributed by atoms with Crippen molar-refractivity contribution in [3.8, 4) is 0 Å². The zero-order valence-corrected chi connectivity index (χ0v) is 11.0. The standard InChI is InChI=1S/C12H25NO3/c1-6-9(10(14)7-2)8-13(11(15)16)12(3,4)5/h9-10,14H,6-8H2,1-5H3,(H,15,16)/t9-,10?/m1/s1. The molecule has 1 unspecified atom stereocenters. The minimum atomic E-state index is -0.922. The van der Waals surface area contributed by atoms with Gasteiger partial charge in [-0.2, -0.15) is 0 Å². The summed E-state index contributed by atoms with van der Waals surface area (Å²) < 4.78 is 0. The molecule has 16 heavy (non-hydrogen) atoms. The fourth-order valence-electron chi connectivity index (χ4n) is 1.73. The Bertz CT molecular complexity index is 223. The van der Waals surface area contributed by atoms with E-state index in [1.807, 2.05) is 34.6 Å². The van der Waals surface area contributed by atoms with Gasteiger partial charge in [0.2, 0.25) is 0 Å². The molecular weight excluding hydrogens is 206 g/mol. The van der Waals surface area contributed by atoms with Crippen LogP contribution in [0.1, 0.15) is 47.5 Å². The molecule has 4 heteroatoms. The maximum absolute atomic E-state index is 11.2. The van der Waals surface area contributed by atoms with Crippen molar-refractivity contribution in [2.75, 3.05) is 6.54 Å². The van der Waals surface area contributed by atoms with Crippen molar-refractivity contribution in [1.82, 2.24) is 4.90 Å². The third kappa shape index (κ3) is 4.39. The summed E-state index contributed by atoms with van der Waals surface area (Å²) in [6, 6.07) is 0. The molecule has 0 radical (unpaired) electrons. The van der Waals surface area contributed by atoms with Gasteiger partial charge in [0.1, 0.15) is 0 Å². The number of carboxylic acid groups (broad SMARTS) is 1. The van der Waals surface area contributed by atoms with Gasteiger partial charge in [-0.25, -0.2) is 4.79 Å². The van der Waals surface area contributed by atoms with Crippen molar-refractivity contribution < 1.29 is 15.0 Å². The molecule has 0 saturated carbocycles. The van der Waals surface area contributed by atoms with Crippen LogP contribution >= 0.6 is 0 Å². The molecule has 96 valence electrons. The van der Waals surface area contributed by atoms with Crippen LogP contribution in [0.2, 0.25) is 0 Å². The summed E-state index contributed by atoms with van der Waals surface area (Å²) in [6.07, 6.45) is 0.105. The lowest BCUT2D eigenvalue weighted by Gasteiger charge is -2.36. The Morgan fingerprint density at radius 3 is 2.00 bits per heavy atom. The Balaban J connectivity index is 4.67. The van der Waals surface area contributed by atoms with Crippen molar-refractivity contribution in [3.05, 3.63) is 0 Å². The molecule has 0 bridgehead atoms. The van der Waals surface area contributed by atoms with Crippen LogP contribution in [0.15, 0.2) is 0 Å². The molecule has 0 saturated heterocycles. The van der Waals surface area contributed by atoms with Crippen molar-refractivity contribution >= 4 is 6.09 Å². The van der Waals surface area contributed by atoms with Crippen LogP contribution in [0.3, 0.4) is 0 Å². The second-order valence-corrected chi connectivity index (χ2v) is 5.21. The van der Waals surface area contributed by atoms with Gasteiger partial charge in [-0.05, 0) is 33.6 Å². The predicted molar refractivity (Wildman–Crippen MR) is 64.6 cm³/mol. The van der Waals surface area contributed by atoms with E-state index in [1.54, 1.807) is 0 Å². The van der Waals surface area contributed by atoms with E-state index in [4.69, 9.17) is 5.11 Å². The van der Waals surface area contributed by atoms with Crippen LogP contribution in [-0.4, -0.2) is 39.4 Å². The summed E-state index contributed by atoms with van der Waals surface area (Å²) in [6.45, 7) is 9.89. The average molecular weight is 231 g/mol. The van der Waals surface area contributed by atoms with E-state index in [9.17, 15) is 9.90 Å². The normalized spacial score (nSPS) is 15.6. The Morgan fingerprint density at radius 2 is 1.75 bits per heavy atom. The van der Waals surface area contributed by atoms with Gasteiger partial charge >= 0.3 is 6.09 Å². The number of carbonyl (C=O) groups is 1. The smallest absolute Gasteiger partial charge is 0.407 e. The zero-order chi connectivity index (χ0) is 12.9. The monoisotopic (exact) mass is 231 g/mol. The van der Waals surface area contributed by atoms with E-state index in [1.165, 1.54) is 4.90 Å². The number of hydrogen-bond acceptors (Lipinski definition) is 2. The molecule has 0 aromatic rings. The number of nitrogens with zero attached hydrogens (tertiary/aromatic N) is 1. The molecule has 1 amide bonds. The third-order valence-electron chi connectivity index (χ3n) is 2.94. The summed E-state index contributed by atoms with van der Waals surface area (Å²) in [4.78, 5) is 12.6. The second-order valence-electron chi connectivity index (χ2n) is 5.21. The van der Waals surface area contributed by atoms with Gasteiger partial charge in [-0.1, -0.05) is 13.8 Å². The minimum Gasteiger partial charge on any atom is -0.465 e. The highest BCUT2D eigenvalue weighted by atomic mass is 16.4. The number of aliphatic hydroxyl groups excluding tert-OH is 1. The summed E-state index contributed by atoms with van der Waals surface area (Å²) in [7, 11) is 0. The fourth-order valence-corrected chi connectivity index (χ4v) is 1.73. The Labute approximate surface area is 98.3 Å². The number of hydrogen-bond donors (Lipinski definition) is 2. The molecule has 2 atom stereocenters. The molecule has 0 aliphatic heterocycles. The molecule has 4 nitrogen and oxygen atoms in total. The van der Waals surface area contributed by atoms with E-state index in [-0.39, 0.29) is 5.92 Å². The van der Waals surface area contributed by atoms with Gasteiger partial charge in [0.25, 0.3) is 0 Å². The molecule has 0 aromatic carbocycles. The van der Waals surface area contributed by atoms with E-state index in [2.05, 4.69) is 0 Å². The number of rotatable bonds is 5. The van der Waals surface area contributed by atoms with Gasteiger partial charge in [-0.15, -0.1) is 0 Å². The Hall–Kier alpha value is -0.770. The zero-order valence-electron chi connectivity index (χ0n) is 11.0. The Morgan fingerprint density at radius 1 is 1.25 bits per heavy atom. The van der Waals surface area contributed by atoms with Crippen molar-refractivity contribution in [2.24, 2.45) is 5.92 Å². The van der Waals surface area contributed by atoms with Crippen LogP contribution in [0.5, 0.6) is 0 Å². The Kier molecular flexibility index (Phi) is 5.79. The quantitative estimate of drug-likeness (QED) is 0.764. The minimum absolute atomic E-state index is 0.0142. The molecule has 0 spiro atoms. The average Bonchev–Trinajstić information content (AvgIpc) is 2.15. The van der Waals surface area contributed by atoms with E-state index >= 15 is 0 Å². The van der Waals surface area contributed by atoms with Gasteiger partial charge in [0, 0.05) is 18.0 Å². The lowest BCUT2D eigenvalue weighted by molar-refractivity contribution is 0.0441. The third-order valence-corrected chi connectivity index (χ3v) is 2.94. The van der Waals surface area contributed by atoms with E-state index in [0.717, 1.165) is 6.42 Å². The van der Waals surface area contributed by atoms with E-state index in [0.29, 0.717) is 13.0 Å². The molecule has 0 rings (SSSR count). The van der Waals surface area contributed by atoms with Crippen LogP contribution in [0, 0.1) is 5.92 Å². The topological polar surface area (TPSA) is 60.8 Å². The SMILES string of the molecule is CCC(O)[C@H](CC)CN(C(=O)O)C(C)(C)C. The first kappa shape index (κ1) is 15.2. The highest BCUT2D eigenvalue weighted by Crippen LogP contribution is 2.20. The van der Waals surface area contributed by atoms with E-state index < -0.39 is 17.7 Å². The first-order valence-corrected chi connectivity index (χ1v) is 5.92. The van der Waals surface area contributed by atoms with Gasteiger partial charge < -0.3 is 15.1 Å². The predicted octanol–water partition coefficient (Wildman–Crippen LogP) is 2.56. The van der Waals surface area contributed by atoms with Crippen LogP contribution < -0.4 is 0 Å². The number of amides is 1. The molecule has 0 aromatic heterocycles. The first-order chi connectivity index (χ1) is 7.23. The highest BCUT2D eigenvalue weighted by Gasteiger charge is 2.30. The van der Waals surface area contributed by atoms with Crippen LogP contribution in [0.4, 0.5) is 4.79 Å². The fraction of sp³-hybridized carbons (Fsp3) is 0.917. The summed E-state index contributed by atoms with van der Waals surface area (Å²) in [5.74, 6) is 0.0142. The second kappa shape index (κ2) is 6.09. The molecular formula is C12H25NO3. The highest BCUT2D eigenvalue weighted by molar-refractivity contribution is 5.66. The maximum atomic E-state index is 11.2. The summed E-state index contributed by atoms with van der Waals surface area (Å²) in [5, 5.41) is 18.9. The van der Waals surface area contributed by atoms with Crippen molar-refractivity contribution in [3.63, 3.8) is 0 Å². The lowest BCUT2D eigenvalue weighted by atomic mass is 9.94. The van der Waals surface area contributed by atoms with Crippen molar-refractivity contribution in [1.29, 1.82) is 0 Å². The molecule has 0 aliphatic rings. The summed E-state index contributed by atoms with van der Waals surface area (Å²) in [5.41, 5.74) is -0.424.